The second kappa shape index (κ2) is 5.69. The Morgan fingerprint density at radius 3 is 2.71 bits per heavy atom. The Kier molecular flexibility index (Phi) is 4.23. The Labute approximate surface area is 109 Å². The van der Waals surface area contributed by atoms with Crippen molar-refractivity contribution in [3.8, 4) is 0 Å². The Morgan fingerprint density at radius 2 is 2.18 bits per heavy atom. The highest BCUT2D eigenvalue weighted by molar-refractivity contribution is 9.10. The summed E-state index contributed by atoms with van der Waals surface area (Å²) in [6.07, 6.45) is 5.29. The van der Waals surface area contributed by atoms with Crippen molar-refractivity contribution in [2.75, 3.05) is 6.61 Å². The molecule has 0 spiro atoms. The van der Waals surface area contributed by atoms with Crippen LogP contribution in [-0.2, 0) is 0 Å². The average molecular weight is 302 g/mol. The maximum absolute atomic E-state index is 11.8. The highest BCUT2D eigenvalue weighted by Gasteiger charge is 2.22. The van der Waals surface area contributed by atoms with Crippen molar-refractivity contribution >= 4 is 21.8 Å². The van der Waals surface area contributed by atoms with Gasteiger partial charge in [0.2, 0.25) is 0 Å². The molecule has 2 N–H and O–H groups in total. The minimum Gasteiger partial charge on any atom is -0.457 e. The molecule has 4 nitrogen and oxygen atoms in total. The number of carbonyl (C=O) groups excluding carboxylic acids is 1. The van der Waals surface area contributed by atoms with E-state index in [1.807, 2.05) is 0 Å². The summed E-state index contributed by atoms with van der Waals surface area (Å²) in [5.74, 6) is 0.318. The third kappa shape index (κ3) is 3.33. The van der Waals surface area contributed by atoms with Crippen LogP contribution in [0.1, 0.15) is 36.0 Å². The van der Waals surface area contributed by atoms with E-state index in [0.29, 0.717) is 16.2 Å². The van der Waals surface area contributed by atoms with Gasteiger partial charge in [-0.15, -0.1) is 0 Å². The Bertz CT molecular complexity index is 383. The third-order valence-corrected chi connectivity index (χ3v) is 3.69. The van der Waals surface area contributed by atoms with Gasteiger partial charge in [0.1, 0.15) is 6.26 Å². The summed E-state index contributed by atoms with van der Waals surface area (Å²) in [6, 6.07) is 1.88. The summed E-state index contributed by atoms with van der Waals surface area (Å²) in [5, 5.41) is 12.0. The molecule has 1 amide bonds. The minimum atomic E-state index is -0.0908. The van der Waals surface area contributed by atoms with Crippen molar-refractivity contribution in [1.29, 1.82) is 0 Å². The SMILES string of the molecule is O=C(NC1CCC(CO)CC1)c1coc(Br)c1. The predicted molar refractivity (Wildman–Crippen MR) is 66.7 cm³/mol. The monoisotopic (exact) mass is 301 g/mol. The maximum Gasteiger partial charge on any atom is 0.254 e. The van der Waals surface area contributed by atoms with Crippen molar-refractivity contribution in [3.05, 3.63) is 22.6 Å². The molecule has 0 aromatic carbocycles. The molecule has 2 rings (SSSR count). The number of nitrogens with one attached hydrogen (secondary N) is 1. The Hall–Kier alpha value is -0.810. The van der Waals surface area contributed by atoms with Crippen LogP contribution in [0, 0.1) is 5.92 Å². The minimum absolute atomic E-state index is 0.0908. The predicted octanol–water partition coefficient (Wildman–Crippen LogP) is 2.32. The lowest BCUT2D eigenvalue weighted by Crippen LogP contribution is -2.37. The van der Waals surface area contributed by atoms with Gasteiger partial charge in [0, 0.05) is 18.7 Å². The molecule has 0 bridgehead atoms. The fourth-order valence-corrected chi connectivity index (χ4v) is 2.53. The molecule has 1 aromatic heterocycles. The van der Waals surface area contributed by atoms with E-state index in [2.05, 4.69) is 21.2 Å². The van der Waals surface area contributed by atoms with E-state index in [0.717, 1.165) is 25.7 Å². The van der Waals surface area contributed by atoms with E-state index in [1.165, 1.54) is 6.26 Å². The molecule has 0 aliphatic heterocycles. The molecule has 1 aromatic rings. The molecule has 94 valence electrons. The molecule has 0 saturated heterocycles. The normalized spacial score (nSPS) is 24.6. The fraction of sp³-hybridized carbons (Fsp3) is 0.583. The molecule has 5 heteroatoms. The molecule has 1 heterocycles. The fourth-order valence-electron chi connectivity index (χ4n) is 2.19. The zero-order valence-electron chi connectivity index (χ0n) is 9.49. The van der Waals surface area contributed by atoms with Crippen LogP contribution < -0.4 is 5.32 Å². The zero-order valence-corrected chi connectivity index (χ0v) is 11.1. The topological polar surface area (TPSA) is 62.5 Å². The van der Waals surface area contributed by atoms with Crippen molar-refractivity contribution < 1.29 is 14.3 Å². The number of hydrogen-bond acceptors (Lipinski definition) is 3. The standard InChI is InChI=1S/C12H16BrNO3/c13-11-5-9(7-17-11)12(16)14-10-3-1-8(6-15)2-4-10/h5,7-8,10,15H,1-4,6H2,(H,14,16). The molecular formula is C12H16BrNO3. The van der Waals surface area contributed by atoms with Crippen molar-refractivity contribution in [3.63, 3.8) is 0 Å². The van der Waals surface area contributed by atoms with Crippen LogP contribution in [0.5, 0.6) is 0 Å². The molecule has 1 aliphatic carbocycles. The number of furan rings is 1. The summed E-state index contributed by atoms with van der Waals surface area (Å²) in [4.78, 5) is 11.8. The van der Waals surface area contributed by atoms with E-state index < -0.39 is 0 Å². The summed E-state index contributed by atoms with van der Waals surface area (Å²) in [7, 11) is 0. The molecule has 1 fully saturated rings. The van der Waals surface area contributed by atoms with E-state index in [9.17, 15) is 4.79 Å². The largest absolute Gasteiger partial charge is 0.457 e. The first kappa shape index (κ1) is 12.6. The van der Waals surface area contributed by atoms with E-state index >= 15 is 0 Å². The van der Waals surface area contributed by atoms with Crippen LogP contribution in [0.25, 0.3) is 0 Å². The zero-order chi connectivity index (χ0) is 12.3. The number of hydrogen-bond donors (Lipinski definition) is 2. The molecule has 0 unspecified atom stereocenters. The first-order valence-corrected chi connectivity index (χ1v) is 6.64. The molecule has 0 atom stereocenters. The van der Waals surface area contributed by atoms with Crippen molar-refractivity contribution in [1.82, 2.24) is 5.32 Å². The van der Waals surface area contributed by atoms with Crippen molar-refractivity contribution in [2.45, 2.75) is 31.7 Å². The molecule has 17 heavy (non-hydrogen) atoms. The average Bonchev–Trinajstić information content (AvgIpc) is 2.77. The van der Waals surface area contributed by atoms with Gasteiger partial charge in [0.05, 0.1) is 5.56 Å². The molecule has 0 radical (unpaired) electrons. The van der Waals surface area contributed by atoms with E-state index in [4.69, 9.17) is 9.52 Å². The molecule has 1 saturated carbocycles. The van der Waals surface area contributed by atoms with Gasteiger partial charge < -0.3 is 14.8 Å². The first-order chi connectivity index (χ1) is 8.19. The van der Waals surface area contributed by atoms with Crippen molar-refractivity contribution in [2.24, 2.45) is 5.92 Å². The van der Waals surface area contributed by atoms with Crippen LogP contribution in [0.2, 0.25) is 0 Å². The van der Waals surface area contributed by atoms with Crippen LogP contribution in [0.15, 0.2) is 21.4 Å². The maximum atomic E-state index is 11.8. The number of aliphatic hydroxyl groups excluding tert-OH is 1. The van der Waals surface area contributed by atoms with Gasteiger partial charge in [-0.2, -0.15) is 0 Å². The van der Waals surface area contributed by atoms with Crippen LogP contribution in [0.3, 0.4) is 0 Å². The van der Waals surface area contributed by atoms with Crippen LogP contribution in [-0.4, -0.2) is 23.7 Å². The Morgan fingerprint density at radius 1 is 1.47 bits per heavy atom. The lowest BCUT2D eigenvalue weighted by atomic mass is 9.86. The summed E-state index contributed by atoms with van der Waals surface area (Å²) in [6.45, 7) is 0.259. The first-order valence-electron chi connectivity index (χ1n) is 5.85. The Balaban J connectivity index is 1.84. The number of amides is 1. The number of rotatable bonds is 3. The van der Waals surface area contributed by atoms with Crippen LogP contribution >= 0.6 is 15.9 Å². The molecule has 1 aliphatic rings. The second-order valence-corrected chi connectivity index (χ2v) is 5.29. The van der Waals surface area contributed by atoms with Gasteiger partial charge >= 0.3 is 0 Å². The highest BCUT2D eigenvalue weighted by Crippen LogP contribution is 2.24. The van der Waals surface area contributed by atoms with Gasteiger partial charge in [-0.1, -0.05) is 0 Å². The number of carbonyl (C=O) groups is 1. The lowest BCUT2D eigenvalue weighted by Gasteiger charge is -2.27. The summed E-state index contributed by atoms with van der Waals surface area (Å²) in [5.41, 5.74) is 0.543. The van der Waals surface area contributed by atoms with Crippen LogP contribution in [0.4, 0.5) is 0 Å². The summed E-state index contributed by atoms with van der Waals surface area (Å²) >= 11 is 3.17. The van der Waals surface area contributed by atoms with Gasteiger partial charge in [-0.3, -0.25) is 4.79 Å². The third-order valence-electron chi connectivity index (χ3n) is 3.27. The number of halogens is 1. The second-order valence-electron chi connectivity index (χ2n) is 4.51. The smallest absolute Gasteiger partial charge is 0.254 e. The lowest BCUT2D eigenvalue weighted by molar-refractivity contribution is 0.0913. The van der Waals surface area contributed by atoms with E-state index in [-0.39, 0.29) is 18.6 Å². The molecular weight excluding hydrogens is 286 g/mol. The van der Waals surface area contributed by atoms with Gasteiger partial charge in [-0.25, -0.2) is 0 Å². The van der Waals surface area contributed by atoms with E-state index in [1.54, 1.807) is 6.07 Å². The van der Waals surface area contributed by atoms with Gasteiger partial charge in [-0.05, 0) is 47.5 Å². The van der Waals surface area contributed by atoms with Gasteiger partial charge in [0.25, 0.3) is 5.91 Å². The quantitative estimate of drug-likeness (QED) is 0.900. The highest BCUT2D eigenvalue weighted by atomic mass is 79.9. The number of aliphatic hydroxyl groups is 1. The summed E-state index contributed by atoms with van der Waals surface area (Å²) < 4.78 is 5.59. The van der Waals surface area contributed by atoms with Gasteiger partial charge in [0.15, 0.2) is 4.67 Å².